The molecule has 1 aliphatic heterocycles. The van der Waals surface area contributed by atoms with E-state index in [1.165, 1.54) is 29.8 Å². The molecule has 58 valence electrons. The maximum absolute atomic E-state index is 2.34. The lowest BCUT2D eigenvalue weighted by Crippen LogP contribution is -2.06. The van der Waals surface area contributed by atoms with E-state index < -0.39 is 0 Å². The number of nitrogens with zero attached hydrogens (tertiary/aromatic N) is 1. The fraction of sp³-hybridized carbons (Fsp3) is 0.500. The van der Waals surface area contributed by atoms with Crippen LogP contribution in [0.4, 0.5) is 0 Å². The molecule has 1 nitrogen and oxygen atoms in total. The van der Waals surface area contributed by atoms with E-state index >= 15 is 0 Å². The second-order valence-electron chi connectivity index (χ2n) is 3.49. The van der Waals surface area contributed by atoms with E-state index in [2.05, 4.69) is 31.5 Å². The third kappa shape index (κ3) is 0.802. The van der Waals surface area contributed by atoms with Crippen molar-refractivity contribution in [3.63, 3.8) is 0 Å². The van der Waals surface area contributed by atoms with Gasteiger partial charge in [-0.25, -0.2) is 4.58 Å². The second kappa shape index (κ2) is 2.07. The molecule has 0 aromatic heterocycles. The number of hydrogen-bond donors (Lipinski definition) is 0. The minimum Gasteiger partial charge on any atom is -0.232 e. The van der Waals surface area contributed by atoms with Crippen molar-refractivity contribution in [2.24, 2.45) is 0 Å². The van der Waals surface area contributed by atoms with Crippen LogP contribution in [0.5, 0.6) is 0 Å². The first kappa shape index (κ1) is 6.84. The molecule has 0 N–H and O–H groups in total. The summed E-state index contributed by atoms with van der Waals surface area (Å²) in [6.07, 6.45) is 3.54. The molecule has 1 heterocycles. The molecule has 0 atom stereocenters. The number of allylic oxidation sites excluding steroid dienone is 3. The van der Waals surface area contributed by atoms with Gasteiger partial charge in [-0.1, -0.05) is 0 Å². The molecule has 2 aliphatic rings. The summed E-state index contributed by atoms with van der Waals surface area (Å²) in [7, 11) is 2.17. The van der Waals surface area contributed by atoms with Gasteiger partial charge in [-0.2, -0.15) is 0 Å². The first-order valence-electron chi connectivity index (χ1n) is 4.17. The van der Waals surface area contributed by atoms with Crippen molar-refractivity contribution in [3.8, 4) is 0 Å². The molecule has 0 radical (unpaired) electrons. The van der Waals surface area contributed by atoms with Crippen molar-refractivity contribution in [3.05, 3.63) is 22.8 Å². The van der Waals surface area contributed by atoms with Gasteiger partial charge in [-0.15, -0.1) is 0 Å². The summed E-state index contributed by atoms with van der Waals surface area (Å²) < 4.78 is 2.34. The molecule has 0 bridgehead atoms. The Labute approximate surface area is 67.7 Å². The first-order chi connectivity index (χ1) is 5.20. The fourth-order valence-electron chi connectivity index (χ4n) is 1.89. The standard InChI is InChI=1S/C10H14N/c1-7-6-10-9(8(7)2)4-5-11(10)3/h6H,4-5H2,1-3H3/q+1. The summed E-state index contributed by atoms with van der Waals surface area (Å²) in [5.74, 6) is 0. The monoisotopic (exact) mass is 148 g/mol. The van der Waals surface area contributed by atoms with Crippen LogP contribution >= 0.6 is 0 Å². The van der Waals surface area contributed by atoms with E-state index in [1.807, 2.05) is 0 Å². The normalized spacial score (nSPS) is 23.0. The Morgan fingerprint density at radius 2 is 2.09 bits per heavy atom. The summed E-state index contributed by atoms with van der Waals surface area (Å²) in [5.41, 5.74) is 5.98. The summed E-state index contributed by atoms with van der Waals surface area (Å²) in [5, 5.41) is 0. The third-order valence-electron chi connectivity index (χ3n) is 2.82. The Balaban J connectivity index is 2.58. The summed E-state index contributed by atoms with van der Waals surface area (Å²) >= 11 is 0. The zero-order chi connectivity index (χ0) is 8.01. The summed E-state index contributed by atoms with van der Waals surface area (Å²) in [6, 6.07) is 0. The van der Waals surface area contributed by atoms with E-state index in [1.54, 1.807) is 5.57 Å². The fourth-order valence-corrected chi connectivity index (χ4v) is 1.89. The molecule has 1 aliphatic carbocycles. The predicted octanol–water partition coefficient (Wildman–Crippen LogP) is 1.75. The Morgan fingerprint density at radius 3 is 2.73 bits per heavy atom. The molecular formula is C10H14N+. The highest BCUT2D eigenvalue weighted by Crippen LogP contribution is 2.28. The van der Waals surface area contributed by atoms with Crippen LogP contribution in [-0.4, -0.2) is 23.9 Å². The minimum atomic E-state index is 1.20. The molecule has 0 saturated heterocycles. The van der Waals surface area contributed by atoms with Gasteiger partial charge in [-0.3, -0.25) is 0 Å². The van der Waals surface area contributed by atoms with E-state index in [9.17, 15) is 0 Å². The molecule has 0 aromatic carbocycles. The number of rotatable bonds is 0. The minimum absolute atomic E-state index is 1.20. The van der Waals surface area contributed by atoms with Crippen molar-refractivity contribution in [1.29, 1.82) is 0 Å². The lowest BCUT2D eigenvalue weighted by Gasteiger charge is -1.93. The third-order valence-corrected chi connectivity index (χ3v) is 2.82. The largest absolute Gasteiger partial charge is 0.232 e. The van der Waals surface area contributed by atoms with Gasteiger partial charge >= 0.3 is 0 Å². The van der Waals surface area contributed by atoms with Crippen molar-refractivity contribution >= 4 is 5.71 Å². The molecule has 11 heavy (non-hydrogen) atoms. The van der Waals surface area contributed by atoms with E-state index in [-0.39, 0.29) is 0 Å². The maximum atomic E-state index is 2.34. The van der Waals surface area contributed by atoms with Crippen LogP contribution in [-0.2, 0) is 0 Å². The predicted molar refractivity (Wildman–Crippen MR) is 47.1 cm³/mol. The van der Waals surface area contributed by atoms with Gasteiger partial charge in [0.2, 0.25) is 5.71 Å². The Kier molecular flexibility index (Phi) is 1.28. The smallest absolute Gasteiger partial charge is 0.203 e. The summed E-state index contributed by atoms with van der Waals surface area (Å²) in [6.45, 7) is 5.63. The number of hydrogen-bond acceptors (Lipinski definition) is 0. The molecule has 0 fully saturated rings. The van der Waals surface area contributed by atoms with E-state index in [4.69, 9.17) is 0 Å². The molecular weight excluding hydrogens is 134 g/mol. The Morgan fingerprint density at radius 1 is 1.36 bits per heavy atom. The van der Waals surface area contributed by atoms with Crippen molar-refractivity contribution < 1.29 is 4.58 Å². The molecule has 0 saturated carbocycles. The zero-order valence-corrected chi connectivity index (χ0v) is 7.44. The van der Waals surface area contributed by atoms with E-state index in [0.29, 0.717) is 0 Å². The van der Waals surface area contributed by atoms with E-state index in [0.717, 1.165) is 0 Å². The van der Waals surface area contributed by atoms with Crippen LogP contribution in [0.25, 0.3) is 0 Å². The quantitative estimate of drug-likeness (QED) is 0.460. The lowest BCUT2D eigenvalue weighted by molar-refractivity contribution is -0.487. The van der Waals surface area contributed by atoms with Crippen LogP contribution in [0, 0.1) is 0 Å². The van der Waals surface area contributed by atoms with Crippen LogP contribution < -0.4 is 0 Å². The van der Waals surface area contributed by atoms with Gasteiger partial charge in [0.1, 0.15) is 13.6 Å². The van der Waals surface area contributed by atoms with Gasteiger partial charge in [-0.05, 0) is 25.0 Å². The Bertz CT molecular complexity index is 303. The Hall–Kier alpha value is -0.850. The highest BCUT2D eigenvalue weighted by molar-refractivity contribution is 6.10. The van der Waals surface area contributed by atoms with Gasteiger partial charge in [0.25, 0.3) is 0 Å². The molecule has 0 aromatic rings. The SMILES string of the molecule is CC1=CC2=[N+](C)CCC2=C1C. The second-order valence-corrected chi connectivity index (χ2v) is 3.49. The van der Waals surface area contributed by atoms with Crippen molar-refractivity contribution in [1.82, 2.24) is 0 Å². The van der Waals surface area contributed by atoms with Gasteiger partial charge in [0.05, 0.1) is 0 Å². The molecule has 1 heteroatoms. The highest BCUT2D eigenvalue weighted by Gasteiger charge is 2.29. The van der Waals surface area contributed by atoms with Crippen molar-refractivity contribution in [2.75, 3.05) is 13.6 Å². The zero-order valence-electron chi connectivity index (χ0n) is 7.44. The topological polar surface area (TPSA) is 3.01 Å². The highest BCUT2D eigenvalue weighted by atomic mass is 15.0. The molecule has 0 unspecified atom stereocenters. The first-order valence-corrected chi connectivity index (χ1v) is 4.17. The van der Waals surface area contributed by atoms with Crippen molar-refractivity contribution in [2.45, 2.75) is 20.3 Å². The van der Waals surface area contributed by atoms with Crippen LogP contribution in [0.15, 0.2) is 22.8 Å². The van der Waals surface area contributed by atoms with Crippen LogP contribution in [0.3, 0.4) is 0 Å². The molecule has 2 rings (SSSR count). The molecule has 0 spiro atoms. The average molecular weight is 148 g/mol. The van der Waals surface area contributed by atoms with Gasteiger partial charge in [0, 0.05) is 18.1 Å². The number of fused-ring (bicyclic) bond motifs is 1. The molecule has 0 amide bonds. The van der Waals surface area contributed by atoms with Gasteiger partial charge in [0.15, 0.2) is 0 Å². The average Bonchev–Trinajstić information content (AvgIpc) is 2.43. The van der Waals surface area contributed by atoms with Crippen LogP contribution in [0.1, 0.15) is 20.3 Å². The maximum Gasteiger partial charge on any atom is 0.203 e. The lowest BCUT2D eigenvalue weighted by atomic mass is 10.1. The van der Waals surface area contributed by atoms with Crippen LogP contribution in [0.2, 0.25) is 0 Å². The summed E-state index contributed by atoms with van der Waals surface area (Å²) in [4.78, 5) is 0. The van der Waals surface area contributed by atoms with Gasteiger partial charge < -0.3 is 0 Å².